The quantitative estimate of drug-likeness (QED) is 0.895. The summed E-state index contributed by atoms with van der Waals surface area (Å²) in [5.74, 6) is 0.704. The maximum Gasteiger partial charge on any atom is 0.228 e. The summed E-state index contributed by atoms with van der Waals surface area (Å²) in [4.78, 5) is 12.8. The maximum atomic E-state index is 12.8. The van der Waals surface area contributed by atoms with Gasteiger partial charge in [-0.3, -0.25) is 4.79 Å². The van der Waals surface area contributed by atoms with Crippen molar-refractivity contribution >= 4 is 17.2 Å². The third kappa shape index (κ3) is 2.91. The molecule has 1 aliphatic heterocycles. The van der Waals surface area contributed by atoms with Crippen molar-refractivity contribution in [1.29, 1.82) is 0 Å². The summed E-state index contributed by atoms with van der Waals surface area (Å²) in [6, 6.07) is 0. The summed E-state index contributed by atoms with van der Waals surface area (Å²) in [6.07, 6.45) is 4.61. The molecule has 0 radical (unpaired) electrons. The van der Waals surface area contributed by atoms with Crippen LogP contribution in [0.5, 0.6) is 0 Å². The van der Waals surface area contributed by atoms with Gasteiger partial charge >= 0.3 is 0 Å². The molecule has 2 heterocycles. The third-order valence-electron chi connectivity index (χ3n) is 5.00. The van der Waals surface area contributed by atoms with Crippen LogP contribution in [0.3, 0.4) is 0 Å². The summed E-state index contributed by atoms with van der Waals surface area (Å²) in [5, 5.41) is 16.9. The van der Waals surface area contributed by atoms with E-state index in [4.69, 9.17) is 0 Å². The second-order valence-electron chi connectivity index (χ2n) is 7.66. The Hall–Kier alpha value is -1.01. The molecule has 1 aromatic heterocycles. The van der Waals surface area contributed by atoms with Crippen LogP contribution in [0.4, 0.5) is 0 Å². The number of aromatic nitrogens is 2. The van der Waals surface area contributed by atoms with Crippen LogP contribution in [0.15, 0.2) is 0 Å². The van der Waals surface area contributed by atoms with E-state index in [2.05, 4.69) is 41.6 Å². The van der Waals surface area contributed by atoms with Crippen LogP contribution in [-0.2, 0) is 16.8 Å². The first-order valence-electron chi connectivity index (χ1n) is 8.24. The van der Waals surface area contributed by atoms with E-state index in [-0.39, 0.29) is 16.7 Å². The Labute approximate surface area is 136 Å². The SMILES string of the molecule is CC(C)(C)c1nnc(CNC(=O)[C@@]23CCCC[C@H]2CNC3)s1. The highest BCUT2D eigenvalue weighted by Crippen LogP contribution is 2.43. The van der Waals surface area contributed by atoms with Crippen LogP contribution >= 0.6 is 11.3 Å². The Morgan fingerprint density at radius 3 is 2.95 bits per heavy atom. The van der Waals surface area contributed by atoms with E-state index >= 15 is 0 Å². The van der Waals surface area contributed by atoms with Gasteiger partial charge < -0.3 is 10.6 Å². The van der Waals surface area contributed by atoms with E-state index in [9.17, 15) is 4.79 Å². The Morgan fingerprint density at radius 2 is 2.23 bits per heavy atom. The summed E-state index contributed by atoms with van der Waals surface area (Å²) in [7, 11) is 0. The molecular formula is C16H26N4OS. The monoisotopic (exact) mass is 322 g/mol. The molecule has 5 nitrogen and oxygen atoms in total. The molecule has 1 saturated heterocycles. The topological polar surface area (TPSA) is 66.9 Å². The first-order chi connectivity index (χ1) is 10.4. The lowest BCUT2D eigenvalue weighted by Gasteiger charge is -2.37. The zero-order valence-electron chi connectivity index (χ0n) is 13.7. The molecule has 0 unspecified atom stereocenters. The highest BCUT2D eigenvalue weighted by Gasteiger charge is 2.49. The fourth-order valence-corrected chi connectivity index (χ4v) is 4.49. The van der Waals surface area contributed by atoms with Crippen molar-refractivity contribution in [2.45, 2.75) is 58.4 Å². The molecule has 22 heavy (non-hydrogen) atoms. The van der Waals surface area contributed by atoms with E-state index < -0.39 is 0 Å². The predicted octanol–water partition coefficient (Wildman–Crippen LogP) is 2.23. The largest absolute Gasteiger partial charge is 0.349 e. The normalized spacial score (nSPS) is 28.4. The minimum absolute atomic E-state index is 0.0163. The van der Waals surface area contributed by atoms with Crippen molar-refractivity contribution in [3.05, 3.63) is 10.0 Å². The molecule has 6 heteroatoms. The Morgan fingerprint density at radius 1 is 1.41 bits per heavy atom. The summed E-state index contributed by atoms with van der Waals surface area (Å²) < 4.78 is 0. The van der Waals surface area contributed by atoms with Crippen molar-refractivity contribution in [2.75, 3.05) is 13.1 Å². The minimum Gasteiger partial charge on any atom is -0.349 e. The molecule has 1 amide bonds. The van der Waals surface area contributed by atoms with Gasteiger partial charge in [-0.15, -0.1) is 10.2 Å². The minimum atomic E-state index is -0.185. The molecule has 1 aliphatic carbocycles. The summed E-state index contributed by atoms with van der Waals surface area (Å²) >= 11 is 1.60. The molecule has 122 valence electrons. The molecular weight excluding hydrogens is 296 g/mol. The smallest absolute Gasteiger partial charge is 0.228 e. The second kappa shape index (κ2) is 5.89. The van der Waals surface area contributed by atoms with Gasteiger partial charge in [0.25, 0.3) is 0 Å². The molecule has 2 aliphatic rings. The molecule has 1 saturated carbocycles. The first-order valence-corrected chi connectivity index (χ1v) is 9.05. The highest BCUT2D eigenvalue weighted by atomic mass is 32.1. The van der Waals surface area contributed by atoms with Crippen molar-refractivity contribution in [3.8, 4) is 0 Å². The number of carbonyl (C=O) groups is 1. The van der Waals surface area contributed by atoms with Gasteiger partial charge in [-0.25, -0.2) is 0 Å². The van der Waals surface area contributed by atoms with Gasteiger partial charge in [-0.2, -0.15) is 0 Å². The Bertz CT molecular complexity index is 551. The van der Waals surface area contributed by atoms with Crippen molar-refractivity contribution in [3.63, 3.8) is 0 Å². The fourth-order valence-electron chi connectivity index (χ4n) is 3.65. The number of hydrogen-bond acceptors (Lipinski definition) is 5. The lowest BCUT2D eigenvalue weighted by atomic mass is 9.67. The lowest BCUT2D eigenvalue weighted by molar-refractivity contribution is -0.134. The van der Waals surface area contributed by atoms with Crippen LogP contribution in [0.1, 0.15) is 56.5 Å². The van der Waals surface area contributed by atoms with E-state index in [1.807, 2.05) is 0 Å². The molecule has 1 aromatic rings. The van der Waals surface area contributed by atoms with Crippen LogP contribution in [0, 0.1) is 11.3 Å². The van der Waals surface area contributed by atoms with E-state index in [0.29, 0.717) is 12.5 Å². The number of nitrogens with one attached hydrogen (secondary N) is 2. The van der Waals surface area contributed by atoms with Gasteiger partial charge in [-0.1, -0.05) is 44.9 Å². The van der Waals surface area contributed by atoms with Crippen LogP contribution < -0.4 is 10.6 Å². The van der Waals surface area contributed by atoms with Gasteiger partial charge in [0, 0.05) is 12.0 Å². The number of hydrogen-bond donors (Lipinski definition) is 2. The van der Waals surface area contributed by atoms with E-state index in [1.54, 1.807) is 11.3 Å². The molecule has 2 fully saturated rings. The zero-order valence-corrected chi connectivity index (χ0v) is 14.6. The third-order valence-corrected chi connectivity index (χ3v) is 6.35. The van der Waals surface area contributed by atoms with Gasteiger partial charge in [0.2, 0.25) is 5.91 Å². The van der Waals surface area contributed by atoms with Crippen LogP contribution in [0.2, 0.25) is 0 Å². The van der Waals surface area contributed by atoms with Crippen molar-refractivity contribution in [1.82, 2.24) is 20.8 Å². The van der Waals surface area contributed by atoms with Crippen LogP contribution in [-0.4, -0.2) is 29.2 Å². The van der Waals surface area contributed by atoms with Gasteiger partial charge in [0.1, 0.15) is 10.0 Å². The van der Waals surface area contributed by atoms with Gasteiger partial charge in [0.05, 0.1) is 12.0 Å². The maximum absolute atomic E-state index is 12.8. The number of fused-ring (bicyclic) bond motifs is 1. The Kier molecular flexibility index (Phi) is 4.25. The first kappa shape index (κ1) is 15.9. The number of amides is 1. The number of rotatable bonds is 3. The lowest BCUT2D eigenvalue weighted by Crippen LogP contribution is -2.47. The average Bonchev–Trinajstić information content (AvgIpc) is 3.11. The molecule has 3 rings (SSSR count). The fraction of sp³-hybridized carbons (Fsp3) is 0.812. The highest BCUT2D eigenvalue weighted by molar-refractivity contribution is 7.11. The summed E-state index contributed by atoms with van der Waals surface area (Å²) in [5.41, 5.74) is -0.168. The predicted molar refractivity (Wildman–Crippen MR) is 87.7 cm³/mol. The van der Waals surface area contributed by atoms with Crippen molar-refractivity contribution < 1.29 is 4.79 Å². The molecule has 0 spiro atoms. The molecule has 0 aromatic carbocycles. The van der Waals surface area contributed by atoms with Crippen LogP contribution in [0.25, 0.3) is 0 Å². The summed E-state index contributed by atoms with van der Waals surface area (Å²) in [6.45, 7) is 8.71. The average molecular weight is 322 g/mol. The standard InChI is InChI=1S/C16H26N4OS/c1-15(2,3)14-20-19-12(22-14)9-18-13(21)16-7-5-4-6-11(16)8-17-10-16/h11,17H,4-10H2,1-3H3,(H,18,21)/t11-,16+/m0/s1. The van der Waals surface area contributed by atoms with E-state index in [0.717, 1.165) is 29.5 Å². The van der Waals surface area contributed by atoms with E-state index in [1.165, 1.54) is 19.3 Å². The van der Waals surface area contributed by atoms with Crippen molar-refractivity contribution in [2.24, 2.45) is 11.3 Å². The molecule has 2 atom stereocenters. The molecule has 2 N–H and O–H groups in total. The second-order valence-corrected chi connectivity index (χ2v) is 8.73. The molecule has 0 bridgehead atoms. The zero-order chi connectivity index (χ0) is 15.8. The van der Waals surface area contributed by atoms with Gasteiger partial charge in [0.15, 0.2) is 0 Å². The van der Waals surface area contributed by atoms with Gasteiger partial charge in [-0.05, 0) is 25.3 Å². The Balaban J connectivity index is 1.63. The number of carbonyl (C=O) groups excluding carboxylic acids is 1. The number of nitrogens with zero attached hydrogens (tertiary/aromatic N) is 2.